The van der Waals surface area contributed by atoms with Gasteiger partial charge >= 0.3 is 0 Å². The van der Waals surface area contributed by atoms with E-state index < -0.39 is 0 Å². The van der Waals surface area contributed by atoms with Gasteiger partial charge in [-0.1, -0.05) is 12.2 Å². The topological polar surface area (TPSA) is 69.6 Å². The molecule has 0 aliphatic carbocycles. The number of aromatic nitrogens is 4. The molecule has 5 nitrogen and oxygen atoms in total. The van der Waals surface area contributed by atoms with Crippen molar-refractivity contribution in [2.75, 3.05) is 0 Å². The molecule has 0 unspecified atom stereocenters. The van der Waals surface area contributed by atoms with E-state index in [0.717, 1.165) is 5.69 Å². The van der Waals surface area contributed by atoms with E-state index in [2.05, 4.69) is 15.1 Å². The summed E-state index contributed by atoms with van der Waals surface area (Å²) >= 11 is 4.83. The van der Waals surface area contributed by atoms with Crippen LogP contribution in [0.25, 0.3) is 5.82 Å². The Morgan fingerprint density at radius 2 is 2.27 bits per heavy atom. The third-order valence-electron chi connectivity index (χ3n) is 1.92. The van der Waals surface area contributed by atoms with Crippen LogP contribution in [0.3, 0.4) is 0 Å². The Balaban J connectivity index is 2.50. The van der Waals surface area contributed by atoms with Crippen LogP contribution in [0.1, 0.15) is 11.4 Å². The number of aryl methyl sites for hydroxylation is 1. The van der Waals surface area contributed by atoms with E-state index in [0.29, 0.717) is 11.5 Å². The molecular formula is C9H9N5S. The highest BCUT2D eigenvalue weighted by Crippen LogP contribution is 2.05. The molecule has 0 radical (unpaired) electrons. The number of thiocarbonyl (C=S) groups is 1. The summed E-state index contributed by atoms with van der Waals surface area (Å²) in [5.41, 5.74) is 6.95. The lowest BCUT2D eigenvalue weighted by Gasteiger charge is -2.03. The van der Waals surface area contributed by atoms with Crippen LogP contribution in [0.15, 0.2) is 24.7 Å². The van der Waals surface area contributed by atoms with E-state index in [4.69, 9.17) is 18.0 Å². The van der Waals surface area contributed by atoms with E-state index in [1.165, 1.54) is 6.20 Å². The summed E-state index contributed by atoms with van der Waals surface area (Å²) in [5, 5.41) is 4.12. The summed E-state index contributed by atoms with van der Waals surface area (Å²) in [6, 6.07) is 1.88. The minimum atomic E-state index is 0.231. The van der Waals surface area contributed by atoms with Crippen molar-refractivity contribution in [1.29, 1.82) is 0 Å². The molecule has 0 aliphatic heterocycles. The van der Waals surface area contributed by atoms with Crippen molar-refractivity contribution in [1.82, 2.24) is 19.7 Å². The maximum absolute atomic E-state index is 5.47. The van der Waals surface area contributed by atoms with Crippen LogP contribution in [-0.2, 0) is 0 Å². The molecule has 0 amide bonds. The lowest BCUT2D eigenvalue weighted by Crippen LogP contribution is -2.14. The van der Waals surface area contributed by atoms with Crippen LogP contribution in [0.4, 0.5) is 0 Å². The molecule has 0 aliphatic rings. The average Bonchev–Trinajstić information content (AvgIpc) is 2.64. The first-order valence-corrected chi connectivity index (χ1v) is 4.72. The molecule has 0 atom stereocenters. The summed E-state index contributed by atoms with van der Waals surface area (Å²) < 4.78 is 1.68. The highest BCUT2D eigenvalue weighted by atomic mass is 32.1. The molecule has 0 bridgehead atoms. The maximum atomic E-state index is 5.47. The number of nitrogens with zero attached hydrogens (tertiary/aromatic N) is 4. The van der Waals surface area contributed by atoms with Gasteiger partial charge in [0.25, 0.3) is 0 Å². The Bertz CT molecular complexity index is 505. The van der Waals surface area contributed by atoms with Crippen molar-refractivity contribution in [3.8, 4) is 5.82 Å². The average molecular weight is 219 g/mol. The Morgan fingerprint density at radius 1 is 1.47 bits per heavy atom. The standard InChI is InChI=1S/C9H9N5S/c1-6-2-3-12-14(6)8-5-11-4-7(13-8)9(10)15/h2-5H,1H3,(H2,10,15). The van der Waals surface area contributed by atoms with Gasteiger partial charge in [-0.3, -0.25) is 4.98 Å². The number of hydrogen-bond donors (Lipinski definition) is 1. The molecule has 2 aromatic heterocycles. The number of hydrogen-bond acceptors (Lipinski definition) is 4. The van der Waals surface area contributed by atoms with Gasteiger partial charge in [0.1, 0.15) is 10.7 Å². The summed E-state index contributed by atoms with van der Waals surface area (Å²) in [5.74, 6) is 0.614. The van der Waals surface area contributed by atoms with Crippen molar-refractivity contribution in [2.24, 2.45) is 5.73 Å². The van der Waals surface area contributed by atoms with Gasteiger partial charge in [0.15, 0.2) is 5.82 Å². The van der Waals surface area contributed by atoms with Crippen LogP contribution in [0.2, 0.25) is 0 Å². The SMILES string of the molecule is Cc1ccnn1-c1cncc(C(N)=S)n1. The third kappa shape index (κ3) is 1.84. The zero-order chi connectivity index (χ0) is 10.8. The van der Waals surface area contributed by atoms with Gasteiger partial charge in [0, 0.05) is 11.9 Å². The van der Waals surface area contributed by atoms with Gasteiger partial charge in [0.05, 0.1) is 12.4 Å². The van der Waals surface area contributed by atoms with Crippen LogP contribution in [-0.4, -0.2) is 24.7 Å². The lowest BCUT2D eigenvalue weighted by atomic mass is 10.4. The second-order valence-electron chi connectivity index (χ2n) is 3.01. The monoisotopic (exact) mass is 219 g/mol. The lowest BCUT2D eigenvalue weighted by molar-refractivity contribution is 0.808. The van der Waals surface area contributed by atoms with Crippen molar-refractivity contribution < 1.29 is 0 Å². The van der Waals surface area contributed by atoms with E-state index in [9.17, 15) is 0 Å². The van der Waals surface area contributed by atoms with Gasteiger partial charge in [0.2, 0.25) is 0 Å². The molecule has 0 saturated carbocycles. The van der Waals surface area contributed by atoms with Gasteiger partial charge < -0.3 is 5.73 Å². The maximum Gasteiger partial charge on any atom is 0.172 e. The van der Waals surface area contributed by atoms with Gasteiger partial charge in [-0.15, -0.1) is 0 Å². The predicted octanol–water partition coefficient (Wildman–Crippen LogP) is 0.605. The Morgan fingerprint density at radius 3 is 2.87 bits per heavy atom. The van der Waals surface area contributed by atoms with Crippen molar-refractivity contribution in [3.05, 3.63) is 36.0 Å². The quantitative estimate of drug-likeness (QED) is 0.749. The second-order valence-corrected chi connectivity index (χ2v) is 3.45. The fraction of sp³-hybridized carbons (Fsp3) is 0.111. The van der Waals surface area contributed by atoms with Crippen molar-refractivity contribution in [3.63, 3.8) is 0 Å². The molecule has 2 aromatic rings. The molecule has 0 fully saturated rings. The first-order valence-electron chi connectivity index (χ1n) is 4.31. The van der Waals surface area contributed by atoms with Crippen molar-refractivity contribution >= 4 is 17.2 Å². The zero-order valence-electron chi connectivity index (χ0n) is 8.08. The largest absolute Gasteiger partial charge is 0.388 e. The summed E-state index contributed by atoms with van der Waals surface area (Å²) in [7, 11) is 0. The minimum Gasteiger partial charge on any atom is -0.388 e. The summed E-state index contributed by atoms with van der Waals surface area (Å²) in [6.45, 7) is 1.93. The molecule has 6 heteroatoms. The van der Waals surface area contributed by atoms with Crippen LogP contribution < -0.4 is 5.73 Å². The summed E-state index contributed by atoms with van der Waals surface area (Å²) in [4.78, 5) is 8.49. The number of rotatable bonds is 2. The minimum absolute atomic E-state index is 0.231. The second kappa shape index (κ2) is 3.74. The molecule has 2 N–H and O–H groups in total. The van der Waals surface area contributed by atoms with E-state index in [1.807, 2.05) is 13.0 Å². The van der Waals surface area contributed by atoms with Gasteiger partial charge in [-0.2, -0.15) is 5.10 Å². The van der Waals surface area contributed by atoms with E-state index in [-0.39, 0.29) is 4.99 Å². The number of nitrogens with two attached hydrogens (primary N) is 1. The van der Waals surface area contributed by atoms with Crippen LogP contribution >= 0.6 is 12.2 Å². The molecule has 0 saturated heterocycles. The Hall–Kier alpha value is -1.82. The Labute approximate surface area is 92.0 Å². The fourth-order valence-electron chi connectivity index (χ4n) is 1.19. The smallest absolute Gasteiger partial charge is 0.172 e. The normalized spacial score (nSPS) is 10.2. The highest BCUT2D eigenvalue weighted by Gasteiger charge is 2.05. The molecule has 15 heavy (non-hydrogen) atoms. The van der Waals surface area contributed by atoms with Crippen molar-refractivity contribution in [2.45, 2.75) is 6.92 Å². The van der Waals surface area contributed by atoms with E-state index >= 15 is 0 Å². The molecule has 2 heterocycles. The van der Waals surface area contributed by atoms with Gasteiger partial charge in [-0.25, -0.2) is 9.67 Å². The molecule has 76 valence electrons. The third-order valence-corrected chi connectivity index (χ3v) is 2.13. The Kier molecular flexibility index (Phi) is 2.42. The summed E-state index contributed by atoms with van der Waals surface area (Å²) in [6.07, 6.45) is 4.84. The molecule has 0 spiro atoms. The molecule has 2 rings (SSSR count). The van der Waals surface area contributed by atoms with Crippen LogP contribution in [0, 0.1) is 6.92 Å². The van der Waals surface area contributed by atoms with Crippen LogP contribution in [0.5, 0.6) is 0 Å². The predicted molar refractivity (Wildman–Crippen MR) is 59.8 cm³/mol. The molecular weight excluding hydrogens is 210 g/mol. The van der Waals surface area contributed by atoms with E-state index in [1.54, 1.807) is 17.1 Å². The molecule has 0 aromatic carbocycles. The fourth-order valence-corrected chi connectivity index (χ4v) is 1.28. The van der Waals surface area contributed by atoms with Gasteiger partial charge in [-0.05, 0) is 13.0 Å². The zero-order valence-corrected chi connectivity index (χ0v) is 8.90. The first kappa shape index (κ1) is 9.72. The highest BCUT2D eigenvalue weighted by molar-refractivity contribution is 7.80. The first-order chi connectivity index (χ1) is 7.18.